The number of carbonyl (C=O) groups excluding carboxylic acids is 1. The van der Waals surface area contributed by atoms with Gasteiger partial charge in [-0.1, -0.05) is 6.07 Å². The highest BCUT2D eigenvalue weighted by atomic mass is 19.1. The van der Waals surface area contributed by atoms with E-state index in [1.165, 1.54) is 23.8 Å². The Morgan fingerprint density at radius 2 is 2.00 bits per heavy atom. The van der Waals surface area contributed by atoms with Crippen molar-refractivity contribution in [3.63, 3.8) is 0 Å². The van der Waals surface area contributed by atoms with Gasteiger partial charge in [0.1, 0.15) is 23.2 Å². The summed E-state index contributed by atoms with van der Waals surface area (Å²) in [4.78, 5) is 26.5. The summed E-state index contributed by atoms with van der Waals surface area (Å²) in [5.74, 6) is 1.18. The molecule has 9 nitrogen and oxygen atoms in total. The summed E-state index contributed by atoms with van der Waals surface area (Å²) in [6, 6.07) is 7.94. The molecular weight excluding hydrogens is 495 g/mol. The Labute approximate surface area is 227 Å². The van der Waals surface area contributed by atoms with E-state index in [2.05, 4.69) is 21.4 Å². The second kappa shape index (κ2) is 10.00. The second-order valence-electron chi connectivity index (χ2n) is 11.1. The molecule has 202 valence electrons. The molecule has 1 amide bonds. The van der Waals surface area contributed by atoms with Crippen LogP contribution in [0, 0.1) is 22.6 Å². The number of hydrogen-bond donors (Lipinski definition) is 3. The monoisotopic (exact) mass is 528 g/mol. The van der Waals surface area contributed by atoms with Crippen molar-refractivity contribution in [2.75, 3.05) is 11.9 Å². The normalized spacial score (nSPS) is 16.8. The maximum Gasteiger partial charge on any atom is 0.259 e. The van der Waals surface area contributed by atoms with Gasteiger partial charge in [-0.05, 0) is 75.3 Å². The van der Waals surface area contributed by atoms with E-state index in [4.69, 9.17) is 15.8 Å². The van der Waals surface area contributed by atoms with Crippen molar-refractivity contribution < 1.29 is 9.18 Å². The number of halogens is 1. The van der Waals surface area contributed by atoms with E-state index in [9.17, 15) is 4.79 Å². The number of hydrogen-bond acceptors (Lipinski definition) is 6. The molecule has 0 radical (unpaired) electrons. The predicted molar refractivity (Wildman–Crippen MR) is 147 cm³/mol. The van der Waals surface area contributed by atoms with E-state index < -0.39 is 11.7 Å². The fourth-order valence-electron chi connectivity index (χ4n) is 5.18. The number of rotatable bonds is 8. The first-order chi connectivity index (χ1) is 18.8. The minimum atomic E-state index is -0.609. The third-order valence-corrected chi connectivity index (χ3v) is 7.62. The zero-order valence-electron chi connectivity index (χ0n) is 22.2. The summed E-state index contributed by atoms with van der Waals surface area (Å²) < 4.78 is 17.5. The number of imidazole rings is 1. The first kappa shape index (κ1) is 25.4. The van der Waals surface area contributed by atoms with Gasteiger partial charge in [-0.2, -0.15) is 0 Å². The summed E-state index contributed by atoms with van der Waals surface area (Å²) in [6.45, 7) is 6.02. The van der Waals surface area contributed by atoms with Crippen LogP contribution in [0.4, 0.5) is 10.2 Å². The van der Waals surface area contributed by atoms with Gasteiger partial charge < -0.3 is 14.8 Å². The Kier molecular flexibility index (Phi) is 6.50. The molecular formula is C29H33FN8O. The number of amides is 1. The number of anilines is 1. The lowest BCUT2D eigenvalue weighted by atomic mass is 10.1. The Balaban J connectivity index is 1.30. The van der Waals surface area contributed by atoms with Gasteiger partial charge >= 0.3 is 0 Å². The quantitative estimate of drug-likeness (QED) is 0.284. The lowest BCUT2D eigenvalue weighted by molar-refractivity contribution is 0.102. The second-order valence-corrected chi connectivity index (χ2v) is 11.1. The molecule has 0 atom stereocenters. The van der Waals surface area contributed by atoms with E-state index in [0.29, 0.717) is 30.6 Å². The molecule has 3 aromatic rings. The summed E-state index contributed by atoms with van der Waals surface area (Å²) >= 11 is 0. The largest absolute Gasteiger partial charge is 0.314 e. The number of nitrogens with one attached hydrogen (secondary N) is 3. The minimum Gasteiger partial charge on any atom is -0.314 e. The van der Waals surface area contributed by atoms with Crippen LogP contribution >= 0.6 is 0 Å². The van der Waals surface area contributed by atoms with E-state index in [1.54, 1.807) is 24.3 Å². The molecule has 1 aliphatic heterocycles. The molecule has 1 aromatic carbocycles. The number of pyridine rings is 1. The van der Waals surface area contributed by atoms with Gasteiger partial charge in [0.25, 0.3) is 5.91 Å². The fraction of sp³-hybridized carbons (Fsp3) is 0.414. The van der Waals surface area contributed by atoms with Crippen molar-refractivity contribution in [1.82, 2.24) is 24.3 Å². The van der Waals surface area contributed by atoms with Gasteiger partial charge in [0.05, 0.1) is 29.8 Å². The average molecular weight is 529 g/mol. The molecule has 39 heavy (non-hydrogen) atoms. The molecule has 2 saturated carbocycles. The van der Waals surface area contributed by atoms with Gasteiger partial charge in [0, 0.05) is 31.2 Å². The van der Waals surface area contributed by atoms with Gasteiger partial charge in [0.2, 0.25) is 0 Å². The number of benzene rings is 1. The molecule has 2 aromatic heterocycles. The number of nitrogens with zero attached hydrogens (tertiary/aromatic N) is 5. The summed E-state index contributed by atoms with van der Waals surface area (Å²) in [7, 11) is 0. The molecule has 0 spiro atoms. The third kappa shape index (κ3) is 5.21. The van der Waals surface area contributed by atoms with Crippen molar-refractivity contribution in [3.05, 3.63) is 70.7 Å². The van der Waals surface area contributed by atoms with Crippen LogP contribution in [0.2, 0.25) is 0 Å². The summed E-state index contributed by atoms with van der Waals surface area (Å²) in [6.07, 6.45) is 7.91. The predicted octanol–water partition coefficient (Wildman–Crippen LogP) is 4.90. The minimum absolute atomic E-state index is 0.0437. The topological polar surface area (TPSA) is 114 Å². The fourth-order valence-corrected chi connectivity index (χ4v) is 5.18. The van der Waals surface area contributed by atoms with Crippen molar-refractivity contribution in [2.24, 2.45) is 5.92 Å². The number of fused-ring (bicyclic) bond motifs is 3. The molecule has 0 unspecified atom stereocenters. The molecule has 0 saturated heterocycles. The molecule has 10 heteroatoms. The molecule has 2 aliphatic carbocycles. The molecule has 3 N–H and O–H groups in total. The van der Waals surface area contributed by atoms with Crippen molar-refractivity contribution in [3.8, 4) is 5.69 Å². The standard InChI is InChI=1S/C29H33FN8O/c1-17(2)38(16-31)28(32)23-4-3-5-26(33-23)35-29(39)21-11-25-20(10-22(21)30)13-36(12-18-6-7-18)15-27-34-24(14-37(25)27)19-8-9-19/h3-5,10-11,14,16-19,31-32H,6-9,12-13,15H2,1-2H3,(H,33,35,39). The maximum atomic E-state index is 15.4. The molecule has 6 rings (SSSR count). The van der Waals surface area contributed by atoms with E-state index in [-0.39, 0.29) is 23.3 Å². The van der Waals surface area contributed by atoms with Crippen LogP contribution in [-0.2, 0) is 13.1 Å². The summed E-state index contributed by atoms with van der Waals surface area (Å²) in [5.41, 5.74) is 2.94. The van der Waals surface area contributed by atoms with Crippen LogP contribution in [-0.4, -0.2) is 55.0 Å². The van der Waals surface area contributed by atoms with Crippen LogP contribution < -0.4 is 5.32 Å². The third-order valence-electron chi connectivity index (χ3n) is 7.62. The zero-order valence-corrected chi connectivity index (χ0v) is 22.2. The SMILES string of the molecule is CC(C)N(C=N)C(=N)c1cccc(NC(=O)c2cc3c(cc2F)CN(CC2CC2)Cc2nc(C4CC4)cn2-3)n1. The maximum absolute atomic E-state index is 15.4. The van der Waals surface area contributed by atoms with Gasteiger partial charge in [-0.15, -0.1) is 0 Å². The Morgan fingerprint density at radius 3 is 2.69 bits per heavy atom. The lowest BCUT2D eigenvalue weighted by Crippen LogP contribution is -2.36. The number of carbonyl (C=O) groups is 1. The van der Waals surface area contributed by atoms with Crippen LogP contribution in [0.1, 0.15) is 78.6 Å². The van der Waals surface area contributed by atoms with E-state index in [1.807, 2.05) is 18.4 Å². The molecule has 3 heterocycles. The van der Waals surface area contributed by atoms with E-state index in [0.717, 1.165) is 48.5 Å². The molecule has 3 aliphatic rings. The molecule has 0 bridgehead atoms. The van der Waals surface area contributed by atoms with Crippen LogP contribution in [0.25, 0.3) is 5.69 Å². The number of aromatic nitrogens is 3. The summed E-state index contributed by atoms with van der Waals surface area (Å²) in [5, 5.41) is 18.7. The highest BCUT2D eigenvalue weighted by Crippen LogP contribution is 2.41. The van der Waals surface area contributed by atoms with Crippen LogP contribution in [0.15, 0.2) is 36.5 Å². The Bertz CT molecular complexity index is 1460. The highest BCUT2D eigenvalue weighted by molar-refractivity contribution is 6.05. The van der Waals surface area contributed by atoms with Crippen LogP contribution in [0.5, 0.6) is 0 Å². The first-order valence-electron chi connectivity index (χ1n) is 13.6. The van der Waals surface area contributed by atoms with Gasteiger partial charge in [-0.25, -0.2) is 14.4 Å². The lowest BCUT2D eigenvalue weighted by Gasteiger charge is -2.23. The van der Waals surface area contributed by atoms with Crippen molar-refractivity contribution in [2.45, 2.75) is 64.6 Å². The van der Waals surface area contributed by atoms with Gasteiger partial charge in [-0.3, -0.25) is 20.5 Å². The molecule has 2 fully saturated rings. The average Bonchev–Trinajstić information content (AvgIpc) is 3.83. The van der Waals surface area contributed by atoms with E-state index >= 15 is 4.39 Å². The highest BCUT2D eigenvalue weighted by Gasteiger charge is 2.32. The van der Waals surface area contributed by atoms with Crippen molar-refractivity contribution in [1.29, 1.82) is 10.8 Å². The van der Waals surface area contributed by atoms with Crippen LogP contribution in [0.3, 0.4) is 0 Å². The van der Waals surface area contributed by atoms with Gasteiger partial charge in [0.15, 0.2) is 5.84 Å². The van der Waals surface area contributed by atoms with Crippen molar-refractivity contribution >= 4 is 23.9 Å². The Hall–Kier alpha value is -3.92. The first-order valence-corrected chi connectivity index (χ1v) is 13.6. The zero-order chi connectivity index (χ0) is 27.3. The number of amidine groups is 1. The Morgan fingerprint density at radius 1 is 1.21 bits per heavy atom. The smallest absolute Gasteiger partial charge is 0.259 e.